The second-order valence-corrected chi connectivity index (χ2v) is 5.87. The van der Waals surface area contributed by atoms with Crippen LogP contribution in [0.3, 0.4) is 0 Å². The summed E-state index contributed by atoms with van der Waals surface area (Å²) in [5.74, 6) is 0. The first-order chi connectivity index (χ1) is 8.66. The smallest absolute Gasteiger partial charge is 0.00418 e. The van der Waals surface area contributed by atoms with Crippen LogP contribution in [0, 0.1) is 0 Å². The molecular formula is C17H35N. The molecule has 0 aromatic carbocycles. The molecule has 0 spiro atoms. The van der Waals surface area contributed by atoms with E-state index >= 15 is 0 Å². The molecule has 0 saturated carbocycles. The molecular weight excluding hydrogens is 218 g/mol. The normalized spacial score (nSPS) is 12.6. The van der Waals surface area contributed by atoms with E-state index in [0.717, 1.165) is 12.8 Å². The number of nitrogens with two attached hydrogens (primary N) is 1. The molecule has 0 aromatic rings. The quantitative estimate of drug-likeness (QED) is 0.336. The molecule has 0 aliphatic rings. The molecule has 2 N–H and O–H groups in total. The summed E-state index contributed by atoms with van der Waals surface area (Å²) >= 11 is 0. The third-order valence-corrected chi connectivity index (χ3v) is 3.62. The monoisotopic (exact) mass is 253 g/mol. The van der Waals surface area contributed by atoms with Crippen LogP contribution in [0.2, 0.25) is 0 Å². The number of hydrogen-bond acceptors (Lipinski definition) is 1. The van der Waals surface area contributed by atoms with Crippen LogP contribution in [-0.2, 0) is 0 Å². The topological polar surface area (TPSA) is 26.0 Å². The highest BCUT2D eigenvalue weighted by Gasteiger charge is 2.02. The van der Waals surface area contributed by atoms with Gasteiger partial charge >= 0.3 is 0 Å². The van der Waals surface area contributed by atoms with Crippen molar-refractivity contribution in [2.45, 2.75) is 96.9 Å². The molecule has 1 unspecified atom stereocenters. The van der Waals surface area contributed by atoms with Crippen molar-refractivity contribution in [2.75, 3.05) is 0 Å². The minimum absolute atomic E-state index is 0.395. The highest BCUT2D eigenvalue weighted by atomic mass is 14.6. The Morgan fingerprint density at radius 3 is 1.89 bits per heavy atom. The van der Waals surface area contributed by atoms with Crippen LogP contribution in [0.1, 0.15) is 90.9 Å². The fraction of sp³-hybridized carbons (Fsp3) is 0.882. The molecule has 1 heteroatoms. The maximum atomic E-state index is 6.08. The van der Waals surface area contributed by atoms with E-state index in [9.17, 15) is 0 Å². The summed E-state index contributed by atoms with van der Waals surface area (Å²) in [4.78, 5) is 0. The van der Waals surface area contributed by atoms with Gasteiger partial charge in [-0.25, -0.2) is 0 Å². The van der Waals surface area contributed by atoms with Gasteiger partial charge in [0.05, 0.1) is 0 Å². The third kappa shape index (κ3) is 13.8. The Balaban J connectivity index is 3.12. The number of hydrogen-bond donors (Lipinski definition) is 1. The molecule has 0 radical (unpaired) electrons. The summed E-state index contributed by atoms with van der Waals surface area (Å²) in [6.45, 7) is 8.29. The van der Waals surface area contributed by atoms with Gasteiger partial charge in [-0.3, -0.25) is 0 Å². The summed E-state index contributed by atoms with van der Waals surface area (Å²) in [5.41, 5.74) is 7.34. The Morgan fingerprint density at radius 1 is 0.889 bits per heavy atom. The fourth-order valence-electron chi connectivity index (χ4n) is 2.29. The van der Waals surface area contributed by atoms with E-state index in [1.165, 1.54) is 69.8 Å². The average Bonchev–Trinajstić information content (AvgIpc) is 2.34. The van der Waals surface area contributed by atoms with E-state index in [-0.39, 0.29) is 0 Å². The van der Waals surface area contributed by atoms with Crippen LogP contribution in [0.15, 0.2) is 12.2 Å². The molecule has 0 aliphatic carbocycles. The van der Waals surface area contributed by atoms with Gasteiger partial charge in [-0.2, -0.15) is 0 Å². The van der Waals surface area contributed by atoms with Gasteiger partial charge in [0, 0.05) is 6.04 Å². The van der Waals surface area contributed by atoms with Crippen LogP contribution in [0.4, 0.5) is 0 Å². The summed E-state index contributed by atoms with van der Waals surface area (Å²) in [6, 6.07) is 0.395. The summed E-state index contributed by atoms with van der Waals surface area (Å²) in [5, 5.41) is 0. The first-order valence-electron chi connectivity index (χ1n) is 8.06. The van der Waals surface area contributed by atoms with Crippen LogP contribution >= 0.6 is 0 Å². The first-order valence-corrected chi connectivity index (χ1v) is 8.06. The SMILES string of the molecule is C=C(C)CCC(N)CCCCCCCCCCC. The molecule has 0 saturated heterocycles. The lowest BCUT2D eigenvalue weighted by Gasteiger charge is -2.11. The largest absolute Gasteiger partial charge is 0.328 e. The third-order valence-electron chi connectivity index (χ3n) is 3.62. The molecule has 0 fully saturated rings. The second-order valence-electron chi connectivity index (χ2n) is 5.87. The van der Waals surface area contributed by atoms with Crippen LogP contribution in [0.25, 0.3) is 0 Å². The van der Waals surface area contributed by atoms with E-state index in [4.69, 9.17) is 5.73 Å². The van der Waals surface area contributed by atoms with Crippen molar-refractivity contribution >= 4 is 0 Å². The van der Waals surface area contributed by atoms with Crippen molar-refractivity contribution in [1.82, 2.24) is 0 Å². The zero-order valence-electron chi connectivity index (χ0n) is 12.8. The molecule has 0 heterocycles. The lowest BCUT2D eigenvalue weighted by molar-refractivity contribution is 0.506. The van der Waals surface area contributed by atoms with Crippen molar-refractivity contribution in [3.8, 4) is 0 Å². The molecule has 18 heavy (non-hydrogen) atoms. The molecule has 0 aromatic heterocycles. The van der Waals surface area contributed by atoms with Crippen LogP contribution in [0.5, 0.6) is 0 Å². The van der Waals surface area contributed by atoms with Gasteiger partial charge in [-0.05, 0) is 26.2 Å². The summed E-state index contributed by atoms with van der Waals surface area (Å²) in [6.07, 6.45) is 16.0. The fourth-order valence-corrected chi connectivity index (χ4v) is 2.29. The van der Waals surface area contributed by atoms with Crippen molar-refractivity contribution < 1.29 is 0 Å². The number of rotatable bonds is 13. The van der Waals surface area contributed by atoms with Gasteiger partial charge in [0.2, 0.25) is 0 Å². The predicted molar refractivity (Wildman–Crippen MR) is 83.9 cm³/mol. The first kappa shape index (κ1) is 17.7. The predicted octanol–water partition coefficient (Wildman–Crippen LogP) is 5.59. The minimum atomic E-state index is 0.395. The van der Waals surface area contributed by atoms with Crippen LogP contribution < -0.4 is 5.73 Å². The van der Waals surface area contributed by atoms with Crippen molar-refractivity contribution in [1.29, 1.82) is 0 Å². The maximum Gasteiger partial charge on any atom is 0.00418 e. The summed E-state index contributed by atoms with van der Waals surface area (Å²) in [7, 11) is 0. The number of unbranched alkanes of at least 4 members (excludes halogenated alkanes) is 8. The molecule has 1 atom stereocenters. The van der Waals surface area contributed by atoms with Crippen molar-refractivity contribution in [2.24, 2.45) is 5.73 Å². The summed E-state index contributed by atoms with van der Waals surface area (Å²) < 4.78 is 0. The van der Waals surface area contributed by atoms with Gasteiger partial charge in [0.1, 0.15) is 0 Å². The Bertz CT molecular complexity index is 186. The van der Waals surface area contributed by atoms with E-state index in [1.807, 2.05) is 0 Å². The van der Waals surface area contributed by atoms with Crippen LogP contribution in [-0.4, -0.2) is 6.04 Å². The minimum Gasteiger partial charge on any atom is -0.328 e. The molecule has 108 valence electrons. The Kier molecular flexibility index (Phi) is 12.9. The lowest BCUT2D eigenvalue weighted by atomic mass is 10.0. The number of allylic oxidation sites excluding steroid dienone is 1. The molecule has 0 rings (SSSR count). The molecule has 0 amide bonds. The zero-order chi connectivity index (χ0) is 13.6. The van der Waals surface area contributed by atoms with E-state index < -0.39 is 0 Å². The van der Waals surface area contributed by atoms with Gasteiger partial charge in [-0.15, -0.1) is 6.58 Å². The Hall–Kier alpha value is -0.300. The van der Waals surface area contributed by atoms with Gasteiger partial charge in [0.15, 0.2) is 0 Å². The van der Waals surface area contributed by atoms with Gasteiger partial charge < -0.3 is 5.73 Å². The Morgan fingerprint density at radius 2 is 1.39 bits per heavy atom. The average molecular weight is 253 g/mol. The van der Waals surface area contributed by atoms with E-state index in [2.05, 4.69) is 20.4 Å². The van der Waals surface area contributed by atoms with Crippen molar-refractivity contribution in [3.63, 3.8) is 0 Å². The zero-order valence-corrected chi connectivity index (χ0v) is 12.8. The molecule has 1 nitrogen and oxygen atoms in total. The highest BCUT2D eigenvalue weighted by molar-refractivity contribution is 4.88. The van der Waals surface area contributed by atoms with Gasteiger partial charge in [0.25, 0.3) is 0 Å². The highest BCUT2D eigenvalue weighted by Crippen LogP contribution is 2.13. The van der Waals surface area contributed by atoms with Gasteiger partial charge in [-0.1, -0.05) is 70.3 Å². The molecule has 0 bridgehead atoms. The van der Waals surface area contributed by atoms with Crippen molar-refractivity contribution in [3.05, 3.63) is 12.2 Å². The molecule has 0 aliphatic heterocycles. The lowest BCUT2D eigenvalue weighted by Crippen LogP contribution is -2.19. The Labute approximate surface area is 115 Å². The standard InChI is InChI=1S/C17H35N/c1-4-5-6-7-8-9-10-11-12-13-17(18)15-14-16(2)3/h17H,2,4-15,18H2,1,3H3. The van der Waals surface area contributed by atoms with E-state index in [1.54, 1.807) is 0 Å². The second kappa shape index (κ2) is 13.1. The van der Waals surface area contributed by atoms with E-state index in [0.29, 0.717) is 6.04 Å². The maximum absolute atomic E-state index is 6.08.